The summed E-state index contributed by atoms with van der Waals surface area (Å²) in [6.07, 6.45) is 13.4. The van der Waals surface area contributed by atoms with E-state index in [-0.39, 0.29) is 5.97 Å². The number of rotatable bonds is 17. The van der Waals surface area contributed by atoms with Crippen LogP contribution in [-0.2, 0) is 16.0 Å². The number of hydrogen-bond donors (Lipinski definition) is 0. The quantitative estimate of drug-likeness (QED) is 0.122. The zero-order valence-corrected chi connectivity index (χ0v) is 20.1. The Kier molecular flexibility index (Phi) is 14.2. The number of nitrogens with zero attached hydrogens (tertiary/aromatic N) is 1. The Balaban J connectivity index is 2.34. The lowest BCUT2D eigenvalue weighted by atomic mass is 10.1. The van der Waals surface area contributed by atoms with Crippen LogP contribution in [0.4, 0.5) is 0 Å². The monoisotopic (exact) mass is 416 g/mol. The molecule has 0 radical (unpaired) electrons. The van der Waals surface area contributed by atoms with Crippen molar-refractivity contribution in [2.45, 2.75) is 85.5 Å². The van der Waals surface area contributed by atoms with E-state index in [2.05, 4.69) is 64.1 Å². The summed E-state index contributed by atoms with van der Waals surface area (Å²) in [7, 11) is 0. The molecule has 0 amide bonds. The lowest BCUT2D eigenvalue weighted by molar-refractivity contribution is -0.912. The van der Waals surface area contributed by atoms with Gasteiger partial charge in [-0.2, -0.15) is 0 Å². The number of ether oxygens (including phenoxy) is 1. The van der Waals surface area contributed by atoms with Crippen LogP contribution in [0.5, 0.6) is 0 Å². The third-order valence-corrected chi connectivity index (χ3v) is 6.22. The smallest absolute Gasteiger partial charge is 0.361 e. The lowest BCUT2D eigenvalue weighted by Crippen LogP contribution is -2.51. The Morgan fingerprint density at radius 3 is 2.10 bits per heavy atom. The first kappa shape index (κ1) is 26.4. The average molecular weight is 417 g/mol. The number of hydrogen-bond acceptors (Lipinski definition) is 2. The van der Waals surface area contributed by atoms with Crippen molar-refractivity contribution in [1.29, 1.82) is 0 Å². The van der Waals surface area contributed by atoms with Crippen LogP contribution < -0.4 is 0 Å². The third-order valence-electron chi connectivity index (χ3n) is 6.22. The molecule has 1 aromatic rings. The van der Waals surface area contributed by atoms with Gasteiger partial charge in [-0.3, -0.25) is 0 Å². The molecule has 0 aliphatic carbocycles. The normalized spacial score (nSPS) is 12.2. The van der Waals surface area contributed by atoms with E-state index in [9.17, 15) is 4.79 Å². The van der Waals surface area contributed by atoms with Crippen molar-refractivity contribution in [3.05, 3.63) is 47.5 Å². The highest BCUT2D eigenvalue weighted by Gasteiger charge is 2.26. The molecule has 30 heavy (non-hydrogen) atoms. The van der Waals surface area contributed by atoms with Gasteiger partial charge >= 0.3 is 5.97 Å². The summed E-state index contributed by atoms with van der Waals surface area (Å²) in [5.74, 6) is -0.0456. The molecule has 0 N–H and O–H groups in total. The van der Waals surface area contributed by atoms with Crippen molar-refractivity contribution < 1.29 is 14.0 Å². The van der Waals surface area contributed by atoms with Crippen LogP contribution in [0.15, 0.2) is 42.0 Å². The number of carbonyl (C=O) groups is 1. The van der Waals surface area contributed by atoms with Crippen LogP contribution in [0.2, 0.25) is 0 Å². The van der Waals surface area contributed by atoms with Gasteiger partial charge in [0.15, 0.2) is 6.54 Å². The third kappa shape index (κ3) is 11.5. The van der Waals surface area contributed by atoms with E-state index < -0.39 is 0 Å². The lowest BCUT2D eigenvalue weighted by Gasteiger charge is -2.35. The van der Waals surface area contributed by atoms with Crippen LogP contribution in [-0.4, -0.2) is 43.2 Å². The summed E-state index contributed by atoms with van der Waals surface area (Å²) in [5.41, 5.74) is 2.69. The highest BCUT2D eigenvalue weighted by atomic mass is 16.5. The van der Waals surface area contributed by atoms with Crippen LogP contribution in [0.3, 0.4) is 0 Å². The second kappa shape index (κ2) is 16.1. The minimum Gasteiger partial charge on any atom is -0.462 e. The number of likely N-dealkylation sites (N-methyl/N-ethyl adjacent to an activating group) is 1. The molecule has 0 bridgehead atoms. The Hall–Kier alpha value is -1.61. The number of unbranched alkanes of at least 4 members (excludes halogenated alkanes) is 7. The SMILES string of the molecule is CCCCCCCCCCOC(=O)C[N+](CC)(CC)CC=C(C)Cc1ccccc1. The van der Waals surface area contributed by atoms with Gasteiger partial charge in [-0.15, -0.1) is 0 Å². The molecular weight excluding hydrogens is 370 g/mol. The Labute approximate surface area is 186 Å². The Morgan fingerprint density at radius 2 is 1.50 bits per heavy atom. The highest BCUT2D eigenvalue weighted by Crippen LogP contribution is 2.13. The number of carbonyl (C=O) groups excluding carboxylic acids is 1. The van der Waals surface area contributed by atoms with Crippen LogP contribution >= 0.6 is 0 Å². The van der Waals surface area contributed by atoms with Gasteiger partial charge in [0.2, 0.25) is 0 Å². The van der Waals surface area contributed by atoms with Crippen LogP contribution in [0.25, 0.3) is 0 Å². The summed E-state index contributed by atoms with van der Waals surface area (Å²) in [6, 6.07) is 10.6. The summed E-state index contributed by atoms with van der Waals surface area (Å²) < 4.78 is 6.34. The average Bonchev–Trinajstić information content (AvgIpc) is 2.76. The summed E-state index contributed by atoms with van der Waals surface area (Å²) >= 11 is 0. The van der Waals surface area contributed by atoms with E-state index >= 15 is 0 Å². The molecular formula is C27H46NO2+. The van der Waals surface area contributed by atoms with Gasteiger partial charge in [-0.1, -0.05) is 87.8 Å². The molecule has 170 valence electrons. The molecule has 0 heterocycles. The van der Waals surface area contributed by atoms with Gasteiger partial charge in [0.1, 0.15) is 0 Å². The summed E-state index contributed by atoms with van der Waals surface area (Å²) in [4.78, 5) is 12.5. The molecule has 0 aliphatic heterocycles. The van der Waals surface area contributed by atoms with E-state index in [1.54, 1.807) is 0 Å². The first-order valence-corrected chi connectivity index (χ1v) is 12.3. The second-order valence-electron chi connectivity index (χ2n) is 8.72. The van der Waals surface area contributed by atoms with Gasteiger partial charge < -0.3 is 9.22 Å². The zero-order valence-electron chi connectivity index (χ0n) is 20.1. The minimum atomic E-state index is -0.0456. The van der Waals surface area contributed by atoms with Crippen molar-refractivity contribution in [1.82, 2.24) is 0 Å². The van der Waals surface area contributed by atoms with Crippen molar-refractivity contribution >= 4 is 5.97 Å². The van der Waals surface area contributed by atoms with Gasteiger partial charge in [0, 0.05) is 0 Å². The fourth-order valence-corrected chi connectivity index (χ4v) is 3.85. The highest BCUT2D eigenvalue weighted by molar-refractivity contribution is 5.70. The fraction of sp³-hybridized carbons (Fsp3) is 0.667. The molecule has 0 saturated heterocycles. The fourth-order valence-electron chi connectivity index (χ4n) is 3.85. The van der Waals surface area contributed by atoms with E-state index in [0.29, 0.717) is 13.2 Å². The molecule has 0 atom stereocenters. The maximum atomic E-state index is 12.5. The van der Waals surface area contributed by atoms with Crippen molar-refractivity contribution in [3.63, 3.8) is 0 Å². The molecule has 0 spiro atoms. The van der Waals surface area contributed by atoms with Gasteiger partial charge in [0.05, 0.1) is 26.2 Å². The molecule has 0 saturated carbocycles. The molecule has 0 fully saturated rings. The van der Waals surface area contributed by atoms with Gasteiger partial charge in [-0.05, 0) is 45.3 Å². The van der Waals surface area contributed by atoms with Crippen molar-refractivity contribution in [2.24, 2.45) is 0 Å². The number of esters is 1. The molecule has 3 nitrogen and oxygen atoms in total. The Bertz CT molecular complexity index is 590. The largest absolute Gasteiger partial charge is 0.462 e. The molecule has 0 aliphatic rings. The topological polar surface area (TPSA) is 26.3 Å². The zero-order chi connectivity index (χ0) is 22.1. The van der Waals surface area contributed by atoms with Crippen molar-refractivity contribution in [2.75, 3.05) is 32.8 Å². The van der Waals surface area contributed by atoms with Gasteiger partial charge in [0.25, 0.3) is 0 Å². The first-order chi connectivity index (χ1) is 14.5. The van der Waals surface area contributed by atoms with Crippen molar-refractivity contribution in [3.8, 4) is 0 Å². The maximum Gasteiger partial charge on any atom is 0.361 e. The molecule has 3 heteroatoms. The molecule has 1 aromatic carbocycles. The maximum absolute atomic E-state index is 12.5. The van der Waals surface area contributed by atoms with E-state index in [1.165, 1.54) is 56.1 Å². The number of allylic oxidation sites excluding steroid dienone is 1. The van der Waals surface area contributed by atoms with E-state index in [0.717, 1.165) is 37.0 Å². The first-order valence-electron chi connectivity index (χ1n) is 12.3. The minimum absolute atomic E-state index is 0.0456. The molecule has 0 unspecified atom stereocenters. The standard InChI is InChI=1S/C27H46NO2/c1-5-8-9-10-11-12-13-17-22-30-27(29)24-28(6-2,7-3)21-20-25(4)23-26-18-15-14-16-19-26/h14-16,18-20H,5-13,17,21-24H2,1-4H3/q+1. The van der Waals surface area contributed by atoms with Gasteiger partial charge in [-0.25, -0.2) is 4.79 Å². The molecule has 1 rings (SSSR count). The van der Waals surface area contributed by atoms with E-state index in [4.69, 9.17) is 4.74 Å². The van der Waals surface area contributed by atoms with Crippen LogP contribution in [0, 0.1) is 0 Å². The summed E-state index contributed by atoms with van der Waals surface area (Å²) in [5, 5.41) is 0. The number of quaternary nitrogens is 1. The predicted octanol–water partition coefficient (Wildman–Crippen LogP) is 6.72. The van der Waals surface area contributed by atoms with Crippen LogP contribution in [0.1, 0.15) is 84.6 Å². The van der Waals surface area contributed by atoms with E-state index in [1.807, 2.05) is 0 Å². The number of benzene rings is 1. The Morgan fingerprint density at radius 1 is 0.900 bits per heavy atom. The summed E-state index contributed by atoms with van der Waals surface area (Å²) in [6.45, 7) is 12.6. The predicted molar refractivity (Wildman–Crippen MR) is 129 cm³/mol. The molecule has 0 aromatic heterocycles. The second-order valence-corrected chi connectivity index (χ2v) is 8.72.